The molecule has 0 radical (unpaired) electrons. The molecule has 0 unspecified atom stereocenters. The van der Waals surface area contributed by atoms with Gasteiger partial charge in [0.05, 0.1) is 6.61 Å². The lowest BCUT2D eigenvalue weighted by atomic mass is 10.1. The Morgan fingerprint density at radius 3 is 3.19 bits per heavy atom. The van der Waals surface area contributed by atoms with Gasteiger partial charge in [0.25, 0.3) is 0 Å². The average molecular weight is 220 g/mol. The molecule has 0 aliphatic carbocycles. The summed E-state index contributed by atoms with van der Waals surface area (Å²) >= 11 is 0. The number of carbonyl (C=O) groups excluding carboxylic acids is 1. The van der Waals surface area contributed by atoms with Crippen molar-refractivity contribution in [1.82, 2.24) is 0 Å². The van der Waals surface area contributed by atoms with Crippen molar-refractivity contribution in [3.05, 3.63) is 29.3 Å². The summed E-state index contributed by atoms with van der Waals surface area (Å²) in [4.78, 5) is 11.8. The summed E-state index contributed by atoms with van der Waals surface area (Å²) in [7, 11) is 0. The number of hydrogen-bond acceptors (Lipinski definition) is 3. The van der Waals surface area contributed by atoms with Crippen molar-refractivity contribution in [2.75, 3.05) is 19.8 Å². The van der Waals surface area contributed by atoms with Crippen LogP contribution in [0.3, 0.4) is 0 Å². The molecule has 1 aromatic rings. The normalized spacial score (nSPS) is 13.3. The highest BCUT2D eigenvalue weighted by molar-refractivity contribution is 5.97. The number of ether oxygens (including phenoxy) is 2. The second kappa shape index (κ2) is 5.12. The fraction of sp³-hybridized carbons (Fsp3) is 0.462. The summed E-state index contributed by atoms with van der Waals surface area (Å²) in [6.07, 6.45) is 1.83. The number of fused-ring (bicyclic) bond motifs is 1. The van der Waals surface area contributed by atoms with E-state index in [9.17, 15) is 4.79 Å². The summed E-state index contributed by atoms with van der Waals surface area (Å²) in [6, 6.07) is 5.59. The fourth-order valence-electron chi connectivity index (χ4n) is 1.75. The summed E-state index contributed by atoms with van der Waals surface area (Å²) in [5.41, 5.74) is 1.85. The number of Topliss-reactive ketones (excluding diaryl/α,β-unsaturated/α-hetero) is 1. The number of ketones is 1. The molecule has 1 aliphatic rings. The SMILES string of the molecule is CCCOCC(=O)c1ccc2c(c1)CCO2. The Morgan fingerprint density at radius 2 is 2.38 bits per heavy atom. The van der Waals surface area contributed by atoms with E-state index in [-0.39, 0.29) is 12.4 Å². The molecule has 0 fully saturated rings. The van der Waals surface area contributed by atoms with Crippen LogP contribution in [0, 0.1) is 0 Å². The summed E-state index contributed by atoms with van der Waals surface area (Å²) in [5, 5.41) is 0. The minimum Gasteiger partial charge on any atom is -0.493 e. The smallest absolute Gasteiger partial charge is 0.188 e. The lowest BCUT2D eigenvalue weighted by molar-refractivity contribution is 0.0761. The summed E-state index contributed by atoms with van der Waals surface area (Å²) in [5.74, 6) is 0.953. The third-order valence-corrected chi connectivity index (χ3v) is 2.59. The van der Waals surface area contributed by atoms with Crippen molar-refractivity contribution < 1.29 is 14.3 Å². The molecule has 0 saturated heterocycles. The molecule has 0 spiro atoms. The number of benzene rings is 1. The van der Waals surface area contributed by atoms with Gasteiger partial charge in [0, 0.05) is 18.6 Å². The van der Waals surface area contributed by atoms with Gasteiger partial charge >= 0.3 is 0 Å². The maximum Gasteiger partial charge on any atom is 0.188 e. The Hall–Kier alpha value is -1.35. The molecule has 86 valence electrons. The van der Waals surface area contributed by atoms with Gasteiger partial charge in [-0.25, -0.2) is 0 Å². The lowest BCUT2D eigenvalue weighted by Crippen LogP contribution is -2.09. The second-order valence-corrected chi connectivity index (χ2v) is 3.90. The van der Waals surface area contributed by atoms with E-state index in [4.69, 9.17) is 9.47 Å². The first-order valence-electron chi connectivity index (χ1n) is 5.68. The van der Waals surface area contributed by atoms with Crippen LogP contribution in [0.5, 0.6) is 5.75 Å². The molecular formula is C13H16O3. The van der Waals surface area contributed by atoms with Gasteiger partial charge in [-0.2, -0.15) is 0 Å². The van der Waals surface area contributed by atoms with Crippen LogP contribution >= 0.6 is 0 Å². The molecule has 0 bridgehead atoms. The standard InChI is InChI=1S/C13H16O3/c1-2-6-15-9-12(14)10-3-4-13-11(8-10)5-7-16-13/h3-4,8H,2,5-7,9H2,1H3. The maximum absolute atomic E-state index is 11.8. The van der Waals surface area contributed by atoms with Crippen LogP contribution in [0.15, 0.2) is 18.2 Å². The van der Waals surface area contributed by atoms with E-state index in [2.05, 4.69) is 0 Å². The van der Waals surface area contributed by atoms with Gasteiger partial charge < -0.3 is 9.47 Å². The van der Waals surface area contributed by atoms with Gasteiger partial charge in [-0.3, -0.25) is 4.79 Å². The summed E-state index contributed by atoms with van der Waals surface area (Å²) < 4.78 is 10.6. The zero-order valence-electron chi connectivity index (χ0n) is 9.49. The minimum absolute atomic E-state index is 0.0446. The Labute approximate surface area is 95.4 Å². The molecule has 1 heterocycles. The molecule has 0 amide bonds. The molecule has 3 heteroatoms. The molecule has 16 heavy (non-hydrogen) atoms. The molecule has 1 aromatic carbocycles. The van der Waals surface area contributed by atoms with Crippen molar-refractivity contribution in [3.63, 3.8) is 0 Å². The van der Waals surface area contributed by atoms with Crippen LogP contribution < -0.4 is 4.74 Å². The first-order valence-corrected chi connectivity index (χ1v) is 5.68. The number of hydrogen-bond donors (Lipinski definition) is 0. The van der Waals surface area contributed by atoms with Crippen LogP contribution in [-0.4, -0.2) is 25.6 Å². The van der Waals surface area contributed by atoms with Gasteiger partial charge in [-0.15, -0.1) is 0 Å². The average Bonchev–Trinajstić information content (AvgIpc) is 2.76. The highest BCUT2D eigenvalue weighted by atomic mass is 16.5. The van der Waals surface area contributed by atoms with Crippen molar-refractivity contribution in [3.8, 4) is 5.75 Å². The molecule has 2 rings (SSSR count). The maximum atomic E-state index is 11.8. The minimum atomic E-state index is 0.0446. The largest absolute Gasteiger partial charge is 0.493 e. The molecule has 0 atom stereocenters. The fourth-order valence-corrected chi connectivity index (χ4v) is 1.75. The van der Waals surface area contributed by atoms with Crippen LogP contribution in [0.25, 0.3) is 0 Å². The second-order valence-electron chi connectivity index (χ2n) is 3.90. The molecule has 0 N–H and O–H groups in total. The highest BCUT2D eigenvalue weighted by Crippen LogP contribution is 2.25. The monoisotopic (exact) mass is 220 g/mol. The van der Waals surface area contributed by atoms with Gasteiger partial charge in [-0.1, -0.05) is 6.92 Å². The van der Waals surface area contributed by atoms with Crippen molar-refractivity contribution in [2.45, 2.75) is 19.8 Å². The van der Waals surface area contributed by atoms with Crippen molar-refractivity contribution >= 4 is 5.78 Å². The molecular weight excluding hydrogens is 204 g/mol. The van der Waals surface area contributed by atoms with Gasteiger partial charge in [0.2, 0.25) is 0 Å². The number of rotatable bonds is 5. The first kappa shape index (κ1) is 11.1. The van der Waals surface area contributed by atoms with Gasteiger partial charge in [0.1, 0.15) is 12.4 Å². The van der Waals surface area contributed by atoms with E-state index in [1.807, 2.05) is 25.1 Å². The van der Waals surface area contributed by atoms with E-state index in [1.54, 1.807) is 0 Å². The van der Waals surface area contributed by atoms with E-state index in [0.29, 0.717) is 6.61 Å². The molecule has 3 nitrogen and oxygen atoms in total. The Balaban J connectivity index is 2.01. The lowest BCUT2D eigenvalue weighted by Gasteiger charge is -2.04. The van der Waals surface area contributed by atoms with E-state index in [0.717, 1.165) is 36.3 Å². The molecule has 0 saturated carbocycles. The first-order chi connectivity index (χ1) is 7.81. The van der Waals surface area contributed by atoms with Crippen LogP contribution in [-0.2, 0) is 11.2 Å². The number of carbonyl (C=O) groups is 1. The third kappa shape index (κ3) is 2.42. The van der Waals surface area contributed by atoms with E-state index < -0.39 is 0 Å². The highest BCUT2D eigenvalue weighted by Gasteiger charge is 2.14. The quantitative estimate of drug-likeness (QED) is 0.564. The van der Waals surface area contributed by atoms with Crippen LogP contribution in [0.1, 0.15) is 29.3 Å². The Morgan fingerprint density at radius 1 is 1.50 bits per heavy atom. The van der Waals surface area contributed by atoms with E-state index >= 15 is 0 Å². The zero-order chi connectivity index (χ0) is 11.4. The predicted octanol–water partition coefficient (Wildman–Crippen LogP) is 2.23. The van der Waals surface area contributed by atoms with Gasteiger partial charge in [-0.05, 0) is 30.2 Å². The summed E-state index contributed by atoms with van der Waals surface area (Å²) in [6.45, 7) is 3.56. The molecule has 1 aliphatic heterocycles. The Bertz CT molecular complexity index is 385. The van der Waals surface area contributed by atoms with Crippen molar-refractivity contribution in [2.24, 2.45) is 0 Å². The van der Waals surface area contributed by atoms with Gasteiger partial charge in [0.15, 0.2) is 5.78 Å². The zero-order valence-corrected chi connectivity index (χ0v) is 9.49. The van der Waals surface area contributed by atoms with Crippen LogP contribution in [0.2, 0.25) is 0 Å². The predicted molar refractivity (Wildman–Crippen MR) is 61.1 cm³/mol. The van der Waals surface area contributed by atoms with Crippen LogP contribution in [0.4, 0.5) is 0 Å². The topological polar surface area (TPSA) is 35.5 Å². The van der Waals surface area contributed by atoms with Crippen molar-refractivity contribution in [1.29, 1.82) is 0 Å². The van der Waals surface area contributed by atoms with E-state index in [1.165, 1.54) is 0 Å². The third-order valence-electron chi connectivity index (χ3n) is 2.59. The molecule has 0 aromatic heterocycles. The Kier molecular flexibility index (Phi) is 3.57.